The molecule has 1 atom stereocenters. The Morgan fingerprint density at radius 1 is 1.19 bits per heavy atom. The summed E-state index contributed by atoms with van der Waals surface area (Å²) in [6.07, 6.45) is 8.70. The van der Waals surface area contributed by atoms with Gasteiger partial charge in [0.05, 0.1) is 11.9 Å². The van der Waals surface area contributed by atoms with Crippen molar-refractivity contribution in [2.45, 2.75) is 76.5 Å². The molecule has 1 aliphatic heterocycles. The summed E-state index contributed by atoms with van der Waals surface area (Å²) in [5.41, 5.74) is 4.57. The highest BCUT2D eigenvalue weighted by atomic mass is 16.1. The van der Waals surface area contributed by atoms with Gasteiger partial charge in [-0.25, -0.2) is 0 Å². The minimum atomic E-state index is -0.0829. The van der Waals surface area contributed by atoms with Crippen molar-refractivity contribution in [3.8, 4) is 0 Å². The van der Waals surface area contributed by atoms with Crippen LogP contribution in [-0.4, -0.2) is 25.9 Å². The molecule has 2 aliphatic rings. The second kappa shape index (κ2) is 6.25. The van der Waals surface area contributed by atoms with E-state index in [9.17, 15) is 4.79 Å². The highest BCUT2D eigenvalue weighted by Gasteiger charge is 2.38. The fourth-order valence-electron chi connectivity index (χ4n) is 4.61. The number of rotatable bonds is 2. The van der Waals surface area contributed by atoms with Gasteiger partial charge in [-0.1, -0.05) is 40.0 Å². The zero-order valence-electron chi connectivity index (χ0n) is 16.2. The fraction of sp³-hybridized carbons (Fsp3) is 0.650. The van der Waals surface area contributed by atoms with Crippen molar-refractivity contribution < 1.29 is 4.79 Å². The monoisotopic (exact) mass is 355 g/mol. The first kappa shape index (κ1) is 17.3. The molecule has 0 bridgehead atoms. The van der Waals surface area contributed by atoms with Gasteiger partial charge in [0.1, 0.15) is 5.82 Å². The van der Waals surface area contributed by atoms with E-state index in [1.807, 2.05) is 17.9 Å². The number of aryl methyl sites for hydroxylation is 1. The third-order valence-electron chi connectivity index (χ3n) is 5.88. The SMILES string of the molecule is Cn1nc(C(C)(C)C)c2c1NC(=O)C[C@@H]2c1cn[nH]c1C1CCCCC1. The van der Waals surface area contributed by atoms with Crippen molar-refractivity contribution in [3.05, 3.63) is 28.7 Å². The summed E-state index contributed by atoms with van der Waals surface area (Å²) in [6, 6.07) is 0. The van der Waals surface area contributed by atoms with Gasteiger partial charge in [0.15, 0.2) is 0 Å². The van der Waals surface area contributed by atoms with Gasteiger partial charge in [-0.2, -0.15) is 10.2 Å². The summed E-state index contributed by atoms with van der Waals surface area (Å²) in [6.45, 7) is 6.54. The van der Waals surface area contributed by atoms with Crippen LogP contribution in [0, 0.1) is 0 Å². The van der Waals surface area contributed by atoms with E-state index < -0.39 is 0 Å². The van der Waals surface area contributed by atoms with Gasteiger partial charge >= 0.3 is 0 Å². The Morgan fingerprint density at radius 2 is 1.92 bits per heavy atom. The van der Waals surface area contributed by atoms with Crippen molar-refractivity contribution in [2.75, 3.05) is 5.32 Å². The Hall–Kier alpha value is -2.11. The molecule has 26 heavy (non-hydrogen) atoms. The van der Waals surface area contributed by atoms with Gasteiger partial charge in [-0.3, -0.25) is 14.6 Å². The minimum Gasteiger partial charge on any atom is -0.311 e. The number of anilines is 1. The number of carbonyl (C=O) groups is 1. The molecule has 6 heteroatoms. The summed E-state index contributed by atoms with van der Waals surface area (Å²) < 4.78 is 1.82. The molecule has 0 aromatic carbocycles. The lowest BCUT2D eigenvalue weighted by atomic mass is 9.77. The second-order valence-electron chi connectivity index (χ2n) is 8.86. The largest absolute Gasteiger partial charge is 0.311 e. The van der Waals surface area contributed by atoms with Gasteiger partial charge in [-0.15, -0.1) is 0 Å². The maximum absolute atomic E-state index is 12.4. The van der Waals surface area contributed by atoms with Crippen LogP contribution in [0.3, 0.4) is 0 Å². The van der Waals surface area contributed by atoms with Crippen molar-refractivity contribution in [1.29, 1.82) is 0 Å². The lowest BCUT2D eigenvalue weighted by Gasteiger charge is -2.29. The Bertz CT molecular complexity index is 820. The lowest BCUT2D eigenvalue weighted by Crippen LogP contribution is -2.27. The zero-order chi connectivity index (χ0) is 18.5. The Balaban J connectivity index is 1.83. The molecule has 2 aromatic rings. The van der Waals surface area contributed by atoms with Gasteiger partial charge in [0, 0.05) is 47.5 Å². The van der Waals surface area contributed by atoms with Crippen molar-refractivity contribution in [2.24, 2.45) is 7.05 Å². The van der Waals surface area contributed by atoms with E-state index in [-0.39, 0.29) is 17.2 Å². The number of hydrogen-bond acceptors (Lipinski definition) is 3. The predicted octanol–water partition coefficient (Wildman–Crippen LogP) is 3.96. The van der Waals surface area contributed by atoms with Crippen LogP contribution < -0.4 is 5.32 Å². The molecule has 2 aromatic heterocycles. The number of aromatic nitrogens is 4. The molecule has 0 saturated heterocycles. The van der Waals surface area contributed by atoms with Crippen LogP contribution in [0.4, 0.5) is 5.82 Å². The topological polar surface area (TPSA) is 75.6 Å². The third kappa shape index (κ3) is 2.85. The molecule has 6 nitrogen and oxygen atoms in total. The van der Waals surface area contributed by atoms with E-state index >= 15 is 0 Å². The summed E-state index contributed by atoms with van der Waals surface area (Å²) in [4.78, 5) is 12.4. The number of aromatic amines is 1. The highest BCUT2D eigenvalue weighted by molar-refractivity contribution is 5.94. The highest BCUT2D eigenvalue weighted by Crippen LogP contribution is 2.45. The van der Waals surface area contributed by atoms with Crippen LogP contribution in [0.25, 0.3) is 0 Å². The van der Waals surface area contributed by atoms with Crippen LogP contribution in [0.5, 0.6) is 0 Å². The maximum atomic E-state index is 12.4. The summed E-state index contributed by atoms with van der Waals surface area (Å²) >= 11 is 0. The van der Waals surface area contributed by atoms with Gasteiger partial charge in [0.25, 0.3) is 0 Å². The quantitative estimate of drug-likeness (QED) is 0.856. The molecular formula is C20H29N5O. The molecule has 1 aliphatic carbocycles. The number of hydrogen-bond donors (Lipinski definition) is 2. The molecule has 0 radical (unpaired) electrons. The molecule has 140 valence electrons. The van der Waals surface area contributed by atoms with E-state index in [4.69, 9.17) is 5.10 Å². The number of nitrogens with zero attached hydrogens (tertiary/aromatic N) is 3. The second-order valence-corrected chi connectivity index (χ2v) is 8.86. The van der Waals surface area contributed by atoms with Crippen LogP contribution in [0.1, 0.15) is 93.6 Å². The molecular weight excluding hydrogens is 326 g/mol. The Morgan fingerprint density at radius 3 is 2.62 bits per heavy atom. The molecule has 0 unspecified atom stereocenters. The van der Waals surface area contributed by atoms with Crippen molar-refractivity contribution in [3.63, 3.8) is 0 Å². The first-order valence-electron chi connectivity index (χ1n) is 9.76. The van der Waals surface area contributed by atoms with Crippen molar-refractivity contribution >= 4 is 11.7 Å². The first-order valence-corrected chi connectivity index (χ1v) is 9.76. The molecule has 1 amide bonds. The molecule has 3 heterocycles. The van der Waals surface area contributed by atoms with E-state index in [0.29, 0.717) is 12.3 Å². The molecule has 2 N–H and O–H groups in total. The average molecular weight is 355 g/mol. The lowest BCUT2D eigenvalue weighted by molar-refractivity contribution is -0.116. The summed E-state index contributed by atoms with van der Waals surface area (Å²) in [5.74, 6) is 1.45. The fourth-order valence-corrected chi connectivity index (χ4v) is 4.61. The number of fused-ring (bicyclic) bond motifs is 1. The average Bonchev–Trinajstić information content (AvgIpc) is 3.20. The molecule has 0 spiro atoms. The first-order chi connectivity index (χ1) is 12.4. The minimum absolute atomic E-state index is 0.0253. The molecule has 4 rings (SSSR count). The van der Waals surface area contributed by atoms with Gasteiger partial charge < -0.3 is 5.32 Å². The van der Waals surface area contributed by atoms with Crippen LogP contribution in [0.2, 0.25) is 0 Å². The Labute approximate surface area is 154 Å². The number of amides is 1. The Kier molecular flexibility index (Phi) is 4.16. The molecule has 1 fully saturated rings. The predicted molar refractivity (Wildman–Crippen MR) is 101 cm³/mol. The summed E-state index contributed by atoms with van der Waals surface area (Å²) in [5, 5.41) is 15.5. The third-order valence-corrected chi connectivity index (χ3v) is 5.88. The zero-order valence-corrected chi connectivity index (χ0v) is 16.2. The van der Waals surface area contributed by atoms with E-state index in [2.05, 4.69) is 36.3 Å². The smallest absolute Gasteiger partial charge is 0.226 e. The van der Waals surface area contributed by atoms with Gasteiger partial charge in [-0.05, 0) is 12.8 Å². The maximum Gasteiger partial charge on any atom is 0.226 e. The van der Waals surface area contributed by atoms with Crippen LogP contribution in [-0.2, 0) is 17.3 Å². The molecule has 1 saturated carbocycles. The van der Waals surface area contributed by atoms with E-state index in [1.54, 1.807) is 0 Å². The van der Waals surface area contributed by atoms with E-state index in [1.165, 1.54) is 43.4 Å². The van der Waals surface area contributed by atoms with Crippen LogP contribution in [0.15, 0.2) is 6.20 Å². The number of H-pyrrole nitrogens is 1. The summed E-state index contributed by atoms with van der Waals surface area (Å²) in [7, 11) is 1.91. The van der Waals surface area contributed by atoms with E-state index in [0.717, 1.165) is 17.1 Å². The number of nitrogens with one attached hydrogen (secondary N) is 2. The number of carbonyl (C=O) groups excluding carboxylic acids is 1. The van der Waals surface area contributed by atoms with Crippen LogP contribution >= 0.6 is 0 Å². The normalized spacial score (nSPS) is 21.5. The van der Waals surface area contributed by atoms with Gasteiger partial charge in [0.2, 0.25) is 5.91 Å². The standard InChI is InChI=1S/C20H29N5O/c1-20(2,3)18-16-13(10-15(26)22-19(16)25(4)24-18)14-11-21-23-17(14)12-8-6-5-7-9-12/h11-13H,5-10H2,1-4H3,(H,21,23)(H,22,26)/t13-/m1/s1. The van der Waals surface area contributed by atoms with Crippen molar-refractivity contribution in [1.82, 2.24) is 20.0 Å².